The molecule has 0 aromatic heterocycles. The van der Waals surface area contributed by atoms with E-state index < -0.39 is 36.1 Å². The van der Waals surface area contributed by atoms with Gasteiger partial charge >= 0.3 is 0 Å². The van der Waals surface area contributed by atoms with Crippen LogP contribution in [0.1, 0.15) is 26.2 Å². The maximum absolute atomic E-state index is 12.2. The normalized spacial score (nSPS) is 31.0. The summed E-state index contributed by atoms with van der Waals surface area (Å²) in [5, 5.41) is 28.1. The fourth-order valence-corrected chi connectivity index (χ4v) is 2.80. The first-order chi connectivity index (χ1) is 11.3. The lowest BCUT2D eigenvalue weighted by Gasteiger charge is -2.32. The lowest BCUT2D eigenvalue weighted by atomic mass is 9.89. The van der Waals surface area contributed by atoms with Crippen LogP contribution in [0.4, 0.5) is 0 Å². The molecule has 0 saturated carbocycles. The van der Waals surface area contributed by atoms with Crippen LogP contribution < -0.4 is 21.7 Å². The Bertz CT molecular complexity index is 544. The summed E-state index contributed by atoms with van der Waals surface area (Å²) in [6.45, 7) is 2.20. The van der Waals surface area contributed by atoms with Gasteiger partial charge in [0.15, 0.2) is 0 Å². The third-order valence-corrected chi connectivity index (χ3v) is 4.32. The van der Waals surface area contributed by atoms with E-state index in [2.05, 4.69) is 16.0 Å². The number of nitrogens with one attached hydrogen (secondary N) is 3. The molecule has 2 rings (SSSR count). The van der Waals surface area contributed by atoms with Crippen molar-refractivity contribution in [2.45, 2.75) is 56.5 Å². The molecule has 1 aliphatic carbocycles. The van der Waals surface area contributed by atoms with E-state index >= 15 is 0 Å². The maximum atomic E-state index is 12.2. The van der Waals surface area contributed by atoms with E-state index in [1.807, 2.05) is 0 Å². The Labute approximate surface area is 139 Å². The third kappa shape index (κ3) is 4.31. The molecule has 0 aromatic rings. The van der Waals surface area contributed by atoms with E-state index in [-0.39, 0.29) is 23.9 Å². The number of primary amides is 1. The number of rotatable bonds is 5. The fraction of sp³-hybridized carbons (Fsp3) is 0.667. The molecule has 5 atom stereocenters. The highest BCUT2D eigenvalue weighted by Crippen LogP contribution is 2.20. The minimum absolute atomic E-state index is 0.0769. The van der Waals surface area contributed by atoms with Gasteiger partial charge < -0.3 is 31.9 Å². The number of aliphatic hydroxyl groups is 2. The summed E-state index contributed by atoms with van der Waals surface area (Å²) in [5.74, 6) is -1.53. The quantitative estimate of drug-likeness (QED) is 0.319. The van der Waals surface area contributed by atoms with Crippen LogP contribution in [-0.2, 0) is 14.4 Å². The number of hydrogen-bond acceptors (Lipinski definition) is 6. The first-order valence-corrected chi connectivity index (χ1v) is 8.00. The van der Waals surface area contributed by atoms with Crippen LogP contribution in [0.25, 0.3) is 0 Å². The number of aliphatic hydroxyl groups excluding tert-OH is 2. The molecule has 1 fully saturated rings. The molecule has 0 radical (unpaired) electrons. The molecule has 9 nitrogen and oxygen atoms in total. The van der Waals surface area contributed by atoms with Crippen molar-refractivity contribution in [2.24, 2.45) is 5.73 Å². The zero-order chi connectivity index (χ0) is 17.9. The van der Waals surface area contributed by atoms with Gasteiger partial charge in [0, 0.05) is 12.0 Å². The molecule has 1 saturated heterocycles. The molecule has 9 heteroatoms. The molecule has 7 N–H and O–H groups in total. The molecule has 0 spiro atoms. The number of nitrogens with two attached hydrogens (primary N) is 1. The van der Waals surface area contributed by atoms with E-state index in [0.29, 0.717) is 6.42 Å². The molecule has 24 heavy (non-hydrogen) atoms. The molecule has 3 amide bonds. The molecule has 2 aliphatic rings. The van der Waals surface area contributed by atoms with Crippen molar-refractivity contribution in [1.82, 2.24) is 16.0 Å². The first kappa shape index (κ1) is 18.4. The Hall–Kier alpha value is -1.97. The Morgan fingerprint density at radius 3 is 2.67 bits per heavy atom. The van der Waals surface area contributed by atoms with Gasteiger partial charge in [0.1, 0.15) is 12.1 Å². The van der Waals surface area contributed by atoms with Gasteiger partial charge in [0.05, 0.1) is 18.2 Å². The molecule has 1 aliphatic heterocycles. The molecule has 5 unspecified atom stereocenters. The van der Waals surface area contributed by atoms with Gasteiger partial charge in [-0.3, -0.25) is 14.4 Å². The van der Waals surface area contributed by atoms with Gasteiger partial charge in [-0.05, 0) is 26.3 Å². The second-order valence-corrected chi connectivity index (χ2v) is 6.23. The van der Waals surface area contributed by atoms with E-state index in [9.17, 15) is 24.6 Å². The van der Waals surface area contributed by atoms with Crippen molar-refractivity contribution in [2.75, 3.05) is 6.54 Å². The monoisotopic (exact) mass is 340 g/mol. The zero-order valence-corrected chi connectivity index (χ0v) is 13.5. The number of hydrogen-bond donors (Lipinski definition) is 6. The summed E-state index contributed by atoms with van der Waals surface area (Å²) < 4.78 is 0. The van der Waals surface area contributed by atoms with Crippen LogP contribution in [0, 0.1) is 0 Å². The molecule has 0 bridgehead atoms. The van der Waals surface area contributed by atoms with E-state index in [4.69, 9.17) is 5.73 Å². The third-order valence-electron chi connectivity index (χ3n) is 4.32. The molecular formula is C15H24N4O5. The summed E-state index contributed by atoms with van der Waals surface area (Å²) in [5.41, 5.74) is 5.29. The van der Waals surface area contributed by atoms with E-state index in [1.54, 1.807) is 0 Å². The highest BCUT2D eigenvalue weighted by atomic mass is 16.3. The molecule has 0 aromatic carbocycles. The van der Waals surface area contributed by atoms with Crippen molar-refractivity contribution < 1.29 is 24.6 Å². The Morgan fingerprint density at radius 2 is 2.08 bits per heavy atom. The standard InChI is InChI=1S/C15H24N4O5/c1-7(13(16)22)18-14(23)8-5-10(12(21)11(20)6-8)19-15(24)9-3-2-4-17-9/h5,7,9-12,17,20-21H,2-4,6H2,1H3,(H2,16,22)(H,18,23)(H,19,24). The number of carbonyl (C=O) groups excluding carboxylic acids is 3. The first-order valence-electron chi connectivity index (χ1n) is 8.00. The van der Waals surface area contributed by atoms with Gasteiger partial charge in [-0.2, -0.15) is 0 Å². The van der Waals surface area contributed by atoms with Crippen LogP contribution in [0.3, 0.4) is 0 Å². The minimum Gasteiger partial charge on any atom is -0.390 e. The average Bonchev–Trinajstić information content (AvgIpc) is 3.05. The molecule has 1 heterocycles. The van der Waals surface area contributed by atoms with Gasteiger partial charge in [-0.25, -0.2) is 0 Å². The van der Waals surface area contributed by atoms with E-state index in [0.717, 1.165) is 13.0 Å². The van der Waals surface area contributed by atoms with Gasteiger partial charge in [-0.1, -0.05) is 6.08 Å². The van der Waals surface area contributed by atoms with Crippen LogP contribution in [0.5, 0.6) is 0 Å². The SMILES string of the molecule is CC(NC(=O)C1=CC(NC(=O)C2CCCN2)C(O)C(O)C1)C(N)=O. The van der Waals surface area contributed by atoms with Crippen molar-refractivity contribution in [3.63, 3.8) is 0 Å². The van der Waals surface area contributed by atoms with E-state index in [1.165, 1.54) is 13.0 Å². The van der Waals surface area contributed by atoms with Crippen molar-refractivity contribution >= 4 is 17.7 Å². The van der Waals surface area contributed by atoms with Crippen LogP contribution in [0.15, 0.2) is 11.6 Å². The lowest BCUT2D eigenvalue weighted by molar-refractivity contribution is -0.126. The summed E-state index contributed by atoms with van der Waals surface area (Å²) >= 11 is 0. The predicted molar refractivity (Wildman–Crippen MR) is 84.5 cm³/mol. The van der Waals surface area contributed by atoms with Crippen LogP contribution in [-0.4, -0.2) is 64.8 Å². The summed E-state index contributed by atoms with van der Waals surface area (Å²) in [6, 6.07) is -2.08. The molecule has 134 valence electrons. The highest BCUT2D eigenvalue weighted by Gasteiger charge is 2.35. The average molecular weight is 340 g/mol. The Balaban J connectivity index is 2.06. The fourth-order valence-electron chi connectivity index (χ4n) is 2.80. The molecular weight excluding hydrogens is 316 g/mol. The van der Waals surface area contributed by atoms with Crippen LogP contribution >= 0.6 is 0 Å². The Kier molecular flexibility index (Phi) is 5.92. The number of amides is 3. The van der Waals surface area contributed by atoms with Gasteiger partial charge in [0.25, 0.3) is 0 Å². The van der Waals surface area contributed by atoms with Gasteiger partial charge in [0.2, 0.25) is 17.7 Å². The zero-order valence-electron chi connectivity index (χ0n) is 13.5. The lowest BCUT2D eigenvalue weighted by Crippen LogP contribution is -2.54. The topological polar surface area (TPSA) is 154 Å². The smallest absolute Gasteiger partial charge is 0.247 e. The second-order valence-electron chi connectivity index (χ2n) is 6.23. The van der Waals surface area contributed by atoms with Crippen LogP contribution in [0.2, 0.25) is 0 Å². The van der Waals surface area contributed by atoms with Crippen molar-refractivity contribution in [1.29, 1.82) is 0 Å². The maximum Gasteiger partial charge on any atom is 0.247 e. The Morgan fingerprint density at radius 1 is 1.38 bits per heavy atom. The van der Waals surface area contributed by atoms with Gasteiger partial charge in [-0.15, -0.1) is 0 Å². The highest BCUT2D eigenvalue weighted by molar-refractivity contribution is 5.97. The minimum atomic E-state index is -1.21. The summed E-state index contributed by atoms with van der Waals surface area (Å²) in [6.07, 6.45) is 0.522. The summed E-state index contributed by atoms with van der Waals surface area (Å²) in [4.78, 5) is 35.3. The largest absolute Gasteiger partial charge is 0.390 e. The summed E-state index contributed by atoms with van der Waals surface area (Å²) in [7, 11) is 0. The van der Waals surface area contributed by atoms with Crippen molar-refractivity contribution in [3.05, 3.63) is 11.6 Å². The second kappa shape index (κ2) is 7.73. The number of carbonyl (C=O) groups is 3. The van der Waals surface area contributed by atoms with Crippen molar-refractivity contribution in [3.8, 4) is 0 Å². The predicted octanol–water partition coefficient (Wildman–Crippen LogP) is -2.73.